The Morgan fingerprint density at radius 2 is 1.86 bits per heavy atom. The van der Waals surface area contributed by atoms with Crippen LogP contribution in [0.3, 0.4) is 0 Å². The van der Waals surface area contributed by atoms with Crippen molar-refractivity contribution in [1.29, 1.82) is 0 Å². The number of carbonyl (C=O) groups excluding carboxylic acids is 1. The molecule has 0 radical (unpaired) electrons. The quantitative estimate of drug-likeness (QED) is 0.548. The fourth-order valence-electron chi connectivity index (χ4n) is 1.83. The SMILES string of the molecule is Cc1cccc(C(=O)Nc2ccc(O)cc2C(=O)O)c1I. The Hall–Kier alpha value is -2.09. The van der Waals surface area contributed by atoms with Gasteiger partial charge in [0.2, 0.25) is 0 Å². The minimum atomic E-state index is -1.22. The lowest BCUT2D eigenvalue weighted by atomic mass is 10.1. The summed E-state index contributed by atoms with van der Waals surface area (Å²) in [5.74, 6) is -1.79. The van der Waals surface area contributed by atoms with Gasteiger partial charge < -0.3 is 15.5 Å². The van der Waals surface area contributed by atoms with Gasteiger partial charge in [-0.15, -0.1) is 0 Å². The highest BCUT2D eigenvalue weighted by molar-refractivity contribution is 14.1. The zero-order chi connectivity index (χ0) is 15.6. The molecule has 0 fully saturated rings. The second-order valence-corrected chi connectivity index (χ2v) is 5.50. The van der Waals surface area contributed by atoms with Crippen LogP contribution in [0.1, 0.15) is 26.3 Å². The summed E-state index contributed by atoms with van der Waals surface area (Å²) >= 11 is 2.07. The van der Waals surface area contributed by atoms with Gasteiger partial charge in [0.25, 0.3) is 5.91 Å². The van der Waals surface area contributed by atoms with Crippen molar-refractivity contribution in [3.8, 4) is 5.75 Å². The number of aromatic hydroxyl groups is 1. The first-order valence-electron chi connectivity index (χ1n) is 6.03. The number of benzene rings is 2. The second-order valence-electron chi connectivity index (χ2n) is 4.43. The molecule has 0 bridgehead atoms. The molecular weight excluding hydrogens is 385 g/mol. The maximum Gasteiger partial charge on any atom is 0.337 e. The molecule has 0 spiro atoms. The van der Waals surface area contributed by atoms with Gasteiger partial charge in [0.05, 0.1) is 16.8 Å². The minimum Gasteiger partial charge on any atom is -0.508 e. The van der Waals surface area contributed by atoms with Gasteiger partial charge in [-0.05, 0) is 59.3 Å². The number of phenols is 1. The van der Waals surface area contributed by atoms with E-state index in [9.17, 15) is 14.7 Å². The highest BCUT2D eigenvalue weighted by Gasteiger charge is 2.16. The third-order valence-electron chi connectivity index (χ3n) is 2.92. The zero-order valence-corrected chi connectivity index (χ0v) is 13.2. The standard InChI is InChI=1S/C15H12INO4/c1-8-3-2-4-10(13(8)16)14(19)17-12-6-5-9(18)7-11(12)15(20)21/h2-7,18H,1H3,(H,17,19)(H,20,21). The van der Waals surface area contributed by atoms with Gasteiger partial charge in [0.1, 0.15) is 5.75 Å². The van der Waals surface area contributed by atoms with Crippen molar-refractivity contribution >= 4 is 40.2 Å². The lowest BCUT2D eigenvalue weighted by Gasteiger charge is -2.11. The number of rotatable bonds is 3. The van der Waals surface area contributed by atoms with E-state index in [0.29, 0.717) is 5.56 Å². The first kappa shape index (κ1) is 15.3. The van der Waals surface area contributed by atoms with Gasteiger partial charge in [0.15, 0.2) is 0 Å². The van der Waals surface area contributed by atoms with E-state index in [0.717, 1.165) is 15.2 Å². The van der Waals surface area contributed by atoms with Crippen LogP contribution < -0.4 is 5.32 Å². The number of hydrogen-bond acceptors (Lipinski definition) is 3. The maximum atomic E-state index is 12.3. The largest absolute Gasteiger partial charge is 0.508 e. The van der Waals surface area contributed by atoms with E-state index >= 15 is 0 Å². The van der Waals surface area contributed by atoms with E-state index in [4.69, 9.17) is 5.11 Å². The molecule has 0 saturated heterocycles. The van der Waals surface area contributed by atoms with E-state index in [1.54, 1.807) is 12.1 Å². The first-order chi connectivity index (χ1) is 9.90. The number of halogens is 1. The van der Waals surface area contributed by atoms with Crippen molar-refractivity contribution < 1.29 is 19.8 Å². The Morgan fingerprint density at radius 1 is 1.14 bits per heavy atom. The lowest BCUT2D eigenvalue weighted by Crippen LogP contribution is -2.16. The van der Waals surface area contributed by atoms with Gasteiger partial charge in [-0.3, -0.25) is 4.79 Å². The predicted octanol–water partition coefficient (Wildman–Crippen LogP) is 3.26. The number of carboxylic acid groups (broad SMARTS) is 1. The number of carboxylic acids is 1. The van der Waals surface area contributed by atoms with E-state index in [-0.39, 0.29) is 17.0 Å². The third kappa shape index (κ3) is 3.33. The number of phenolic OH excluding ortho intramolecular Hbond substituents is 1. The monoisotopic (exact) mass is 397 g/mol. The first-order valence-corrected chi connectivity index (χ1v) is 7.11. The van der Waals surface area contributed by atoms with Crippen molar-refractivity contribution in [2.24, 2.45) is 0 Å². The summed E-state index contributed by atoms with van der Waals surface area (Å²) in [6.07, 6.45) is 0. The van der Waals surface area contributed by atoms with Crippen molar-refractivity contribution in [3.05, 3.63) is 56.7 Å². The topological polar surface area (TPSA) is 86.6 Å². The third-order valence-corrected chi connectivity index (χ3v) is 4.35. The molecule has 0 aliphatic heterocycles. The normalized spacial score (nSPS) is 10.2. The lowest BCUT2D eigenvalue weighted by molar-refractivity contribution is 0.0697. The van der Waals surface area contributed by atoms with Crippen LogP contribution >= 0.6 is 22.6 Å². The summed E-state index contributed by atoms with van der Waals surface area (Å²) in [7, 11) is 0. The zero-order valence-electron chi connectivity index (χ0n) is 11.1. The van der Waals surface area contributed by atoms with Crippen LogP contribution in [-0.4, -0.2) is 22.1 Å². The van der Waals surface area contributed by atoms with Crippen LogP contribution in [0.25, 0.3) is 0 Å². The Morgan fingerprint density at radius 3 is 2.52 bits per heavy atom. The fraction of sp³-hybridized carbons (Fsp3) is 0.0667. The van der Waals surface area contributed by atoms with Crippen molar-refractivity contribution in [1.82, 2.24) is 0 Å². The molecule has 3 N–H and O–H groups in total. The fourth-order valence-corrected chi connectivity index (χ4v) is 2.44. The van der Waals surface area contributed by atoms with Crippen molar-refractivity contribution in [2.45, 2.75) is 6.92 Å². The van der Waals surface area contributed by atoms with Crippen molar-refractivity contribution in [2.75, 3.05) is 5.32 Å². The molecule has 0 aromatic heterocycles. The molecule has 2 rings (SSSR count). The van der Waals surface area contributed by atoms with E-state index < -0.39 is 11.9 Å². The Labute approximate surface area is 134 Å². The van der Waals surface area contributed by atoms with Gasteiger partial charge in [-0.25, -0.2) is 4.79 Å². The summed E-state index contributed by atoms with van der Waals surface area (Å²) < 4.78 is 0.809. The van der Waals surface area contributed by atoms with Crippen LogP contribution in [0, 0.1) is 10.5 Å². The highest BCUT2D eigenvalue weighted by atomic mass is 127. The number of aryl methyl sites for hydroxylation is 1. The summed E-state index contributed by atoms with van der Waals surface area (Å²) in [6.45, 7) is 1.89. The summed E-state index contributed by atoms with van der Waals surface area (Å²) in [5, 5.41) is 21.0. The Bertz CT molecular complexity index is 728. The molecule has 1 amide bonds. The van der Waals surface area contributed by atoms with Gasteiger partial charge >= 0.3 is 5.97 Å². The van der Waals surface area contributed by atoms with E-state index in [2.05, 4.69) is 27.9 Å². The highest BCUT2D eigenvalue weighted by Crippen LogP contribution is 2.23. The van der Waals surface area contributed by atoms with Gasteiger partial charge in [-0.1, -0.05) is 12.1 Å². The number of hydrogen-bond donors (Lipinski definition) is 3. The molecular formula is C15H12INO4. The number of amides is 1. The summed E-state index contributed by atoms with van der Waals surface area (Å²) in [5.41, 5.74) is 1.42. The summed E-state index contributed by atoms with van der Waals surface area (Å²) in [4.78, 5) is 23.4. The van der Waals surface area contributed by atoms with Crippen LogP contribution in [0.2, 0.25) is 0 Å². The maximum absolute atomic E-state index is 12.3. The molecule has 21 heavy (non-hydrogen) atoms. The summed E-state index contributed by atoms with van der Waals surface area (Å²) in [6, 6.07) is 9.11. The minimum absolute atomic E-state index is 0.141. The van der Waals surface area contributed by atoms with Crippen LogP contribution in [0.15, 0.2) is 36.4 Å². The van der Waals surface area contributed by atoms with E-state index in [1.165, 1.54) is 12.1 Å². The molecule has 0 aliphatic rings. The molecule has 0 aliphatic carbocycles. The molecule has 5 nitrogen and oxygen atoms in total. The van der Waals surface area contributed by atoms with Crippen LogP contribution in [0.4, 0.5) is 5.69 Å². The molecule has 0 saturated carbocycles. The van der Waals surface area contributed by atoms with Gasteiger partial charge in [-0.2, -0.15) is 0 Å². The molecule has 2 aromatic rings. The smallest absolute Gasteiger partial charge is 0.337 e. The molecule has 0 heterocycles. The average Bonchev–Trinajstić information content (AvgIpc) is 2.43. The molecule has 108 valence electrons. The molecule has 6 heteroatoms. The van der Waals surface area contributed by atoms with Gasteiger partial charge in [0, 0.05) is 3.57 Å². The van der Waals surface area contributed by atoms with Crippen molar-refractivity contribution in [3.63, 3.8) is 0 Å². The number of carbonyl (C=O) groups is 2. The molecule has 0 atom stereocenters. The predicted molar refractivity (Wildman–Crippen MR) is 86.9 cm³/mol. The Kier molecular flexibility index (Phi) is 4.46. The number of nitrogens with one attached hydrogen (secondary N) is 1. The Balaban J connectivity index is 2.36. The van der Waals surface area contributed by atoms with Crippen LogP contribution in [0.5, 0.6) is 5.75 Å². The molecule has 0 unspecified atom stereocenters. The second kappa shape index (κ2) is 6.13. The molecule has 2 aromatic carbocycles. The van der Waals surface area contributed by atoms with E-state index in [1.807, 2.05) is 13.0 Å². The number of anilines is 1. The number of aromatic carboxylic acids is 1. The van der Waals surface area contributed by atoms with Crippen LogP contribution in [-0.2, 0) is 0 Å². The average molecular weight is 397 g/mol.